The van der Waals surface area contributed by atoms with Crippen molar-refractivity contribution in [3.63, 3.8) is 0 Å². The Bertz CT molecular complexity index is 900. The topological polar surface area (TPSA) is 47.6 Å². The van der Waals surface area contributed by atoms with Gasteiger partial charge >= 0.3 is 0 Å². The van der Waals surface area contributed by atoms with E-state index in [1.165, 1.54) is 0 Å². The summed E-state index contributed by atoms with van der Waals surface area (Å²) in [5.41, 5.74) is 2.25. The van der Waals surface area contributed by atoms with Gasteiger partial charge in [-0.1, -0.05) is 36.4 Å². The summed E-state index contributed by atoms with van der Waals surface area (Å²) in [6.45, 7) is 5.48. The first kappa shape index (κ1) is 18.0. The Morgan fingerprint density at radius 3 is 2.58 bits per heavy atom. The Hall–Kier alpha value is -2.85. The molecular formula is C22H23NO3. The van der Waals surface area contributed by atoms with Crippen LogP contribution in [0, 0.1) is 0 Å². The molecule has 0 radical (unpaired) electrons. The van der Waals surface area contributed by atoms with Gasteiger partial charge in [0.05, 0.1) is 13.2 Å². The molecule has 3 aromatic rings. The Balaban J connectivity index is 1.87. The number of ether oxygens (including phenoxy) is 2. The standard InChI is InChI=1S/C22H23NO3/c1-3-25-15-18-14-17(12-13-21(18)26-4-2)22(24)23-20-11-7-9-16-8-5-6-10-19(16)20/h5-14H,3-4,15H2,1-2H3,(H,23,24). The molecule has 0 aliphatic rings. The molecule has 0 aliphatic heterocycles. The molecule has 0 unspecified atom stereocenters. The van der Waals surface area contributed by atoms with Crippen LogP contribution >= 0.6 is 0 Å². The van der Waals surface area contributed by atoms with Crippen LogP contribution in [0.5, 0.6) is 5.75 Å². The number of hydrogen-bond acceptors (Lipinski definition) is 3. The summed E-state index contributed by atoms with van der Waals surface area (Å²) in [6.07, 6.45) is 0. The van der Waals surface area contributed by atoms with Crippen molar-refractivity contribution in [2.24, 2.45) is 0 Å². The van der Waals surface area contributed by atoms with E-state index in [4.69, 9.17) is 9.47 Å². The van der Waals surface area contributed by atoms with Crippen LogP contribution in [0.2, 0.25) is 0 Å². The van der Waals surface area contributed by atoms with Gasteiger partial charge in [0.25, 0.3) is 5.91 Å². The molecule has 3 rings (SSSR count). The largest absolute Gasteiger partial charge is 0.494 e. The van der Waals surface area contributed by atoms with E-state index < -0.39 is 0 Å². The van der Waals surface area contributed by atoms with Crippen LogP contribution in [0.1, 0.15) is 29.8 Å². The molecule has 0 atom stereocenters. The molecule has 0 bridgehead atoms. The number of benzene rings is 3. The van der Waals surface area contributed by atoms with Gasteiger partial charge < -0.3 is 14.8 Å². The number of carbonyl (C=O) groups excluding carboxylic acids is 1. The second kappa shape index (κ2) is 8.50. The first-order chi connectivity index (χ1) is 12.7. The lowest BCUT2D eigenvalue weighted by Gasteiger charge is -2.13. The van der Waals surface area contributed by atoms with Crippen molar-refractivity contribution in [1.29, 1.82) is 0 Å². The van der Waals surface area contributed by atoms with E-state index in [1.807, 2.05) is 68.4 Å². The normalized spacial score (nSPS) is 10.7. The second-order valence-corrected chi connectivity index (χ2v) is 5.87. The highest BCUT2D eigenvalue weighted by Crippen LogP contribution is 2.25. The van der Waals surface area contributed by atoms with Crippen molar-refractivity contribution < 1.29 is 14.3 Å². The number of amides is 1. The fourth-order valence-corrected chi connectivity index (χ4v) is 2.87. The quantitative estimate of drug-likeness (QED) is 0.651. The molecular weight excluding hydrogens is 326 g/mol. The average molecular weight is 349 g/mol. The maximum Gasteiger partial charge on any atom is 0.255 e. The molecule has 4 nitrogen and oxygen atoms in total. The van der Waals surface area contributed by atoms with Gasteiger partial charge in [-0.3, -0.25) is 4.79 Å². The minimum absolute atomic E-state index is 0.151. The number of rotatable bonds is 7. The molecule has 26 heavy (non-hydrogen) atoms. The summed E-state index contributed by atoms with van der Waals surface area (Å²) >= 11 is 0. The van der Waals surface area contributed by atoms with Gasteiger partial charge in [0.2, 0.25) is 0 Å². The molecule has 0 saturated heterocycles. The number of nitrogens with one attached hydrogen (secondary N) is 1. The Morgan fingerprint density at radius 2 is 1.77 bits per heavy atom. The number of carbonyl (C=O) groups is 1. The molecule has 0 heterocycles. The lowest BCUT2D eigenvalue weighted by Crippen LogP contribution is -2.13. The summed E-state index contributed by atoms with van der Waals surface area (Å²) in [5.74, 6) is 0.602. The lowest BCUT2D eigenvalue weighted by molar-refractivity contribution is 0.102. The van der Waals surface area contributed by atoms with Gasteiger partial charge in [-0.15, -0.1) is 0 Å². The fourth-order valence-electron chi connectivity index (χ4n) is 2.87. The molecule has 0 saturated carbocycles. The summed E-state index contributed by atoms with van der Waals surface area (Å²) in [6, 6.07) is 19.3. The van der Waals surface area contributed by atoms with Crippen LogP contribution in [0.15, 0.2) is 60.7 Å². The first-order valence-electron chi connectivity index (χ1n) is 8.85. The van der Waals surface area contributed by atoms with Crippen molar-refractivity contribution in [3.05, 3.63) is 71.8 Å². The zero-order valence-corrected chi connectivity index (χ0v) is 15.1. The maximum atomic E-state index is 12.8. The van der Waals surface area contributed by atoms with Gasteiger partial charge in [-0.05, 0) is 43.5 Å². The molecule has 0 spiro atoms. The van der Waals surface area contributed by atoms with E-state index in [-0.39, 0.29) is 5.91 Å². The summed E-state index contributed by atoms with van der Waals surface area (Å²) in [4.78, 5) is 12.8. The Morgan fingerprint density at radius 1 is 0.962 bits per heavy atom. The Labute approximate surface area is 153 Å². The molecule has 0 aromatic heterocycles. The fraction of sp³-hybridized carbons (Fsp3) is 0.227. The van der Waals surface area contributed by atoms with E-state index in [1.54, 1.807) is 6.07 Å². The minimum atomic E-state index is -0.151. The summed E-state index contributed by atoms with van der Waals surface area (Å²) in [5, 5.41) is 5.12. The smallest absolute Gasteiger partial charge is 0.255 e. The third-order valence-electron chi connectivity index (χ3n) is 4.12. The number of fused-ring (bicyclic) bond motifs is 1. The zero-order chi connectivity index (χ0) is 18.4. The molecule has 4 heteroatoms. The van der Waals surface area contributed by atoms with Gasteiger partial charge in [0.1, 0.15) is 5.75 Å². The van der Waals surface area contributed by atoms with E-state index in [2.05, 4.69) is 5.32 Å². The lowest BCUT2D eigenvalue weighted by atomic mass is 10.1. The van der Waals surface area contributed by atoms with Crippen LogP contribution in [0.25, 0.3) is 10.8 Å². The van der Waals surface area contributed by atoms with E-state index in [9.17, 15) is 4.79 Å². The van der Waals surface area contributed by atoms with Crippen LogP contribution in [-0.2, 0) is 11.3 Å². The van der Waals surface area contributed by atoms with Crippen LogP contribution in [0.3, 0.4) is 0 Å². The van der Waals surface area contributed by atoms with Crippen molar-refractivity contribution in [2.45, 2.75) is 20.5 Å². The highest BCUT2D eigenvalue weighted by molar-refractivity contribution is 6.09. The van der Waals surface area contributed by atoms with Crippen LogP contribution < -0.4 is 10.1 Å². The predicted octanol–water partition coefficient (Wildman–Crippen LogP) is 5.03. The van der Waals surface area contributed by atoms with E-state index >= 15 is 0 Å². The van der Waals surface area contributed by atoms with Gasteiger partial charge in [0, 0.05) is 28.8 Å². The van der Waals surface area contributed by atoms with Crippen molar-refractivity contribution in [3.8, 4) is 5.75 Å². The molecule has 0 aliphatic carbocycles. The molecule has 3 aromatic carbocycles. The highest BCUT2D eigenvalue weighted by Gasteiger charge is 2.12. The third-order valence-corrected chi connectivity index (χ3v) is 4.12. The zero-order valence-electron chi connectivity index (χ0n) is 15.1. The first-order valence-corrected chi connectivity index (χ1v) is 8.85. The number of anilines is 1. The second-order valence-electron chi connectivity index (χ2n) is 5.87. The van der Waals surface area contributed by atoms with E-state index in [0.29, 0.717) is 25.4 Å². The van der Waals surface area contributed by atoms with Crippen LogP contribution in [0.4, 0.5) is 5.69 Å². The van der Waals surface area contributed by atoms with Crippen molar-refractivity contribution in [1.82, 2.24) is 0 Å². The predicted molar refractivity (Wildman–Crippen MR) is 105 cm³/mol. The summed E-state index contributed by atoms with van der Waals surface area (Å²) in [7, 11) is 0. The molecule has 1 amide bonds. The van der Waals surface area contributed by atoms with Gasteiger partial charge in [-0.2, -0.15) is 0 Å². The summed E-state index contributed by atoms with van der Waals surface area (Å²) < 4.78 is 11.1. The SMILES string of the molecule is CCOCc1cc(C(=O)Nc2cccc3ccccc23)ccc1OCC. The molecule has 1 N–H and O–H groups in total. The Kier molecular flexibility index (Phi) is 5.87. The van der Waals surface area contributed by atoms with E-state index in [0.717, 1.165) is 27.8 Å². The molecule has 134 valence electrons. The minimum Gasteiger partial charge on any atom is -0.494 e. The van der Waals surface area contributed by atoms with Gasteiger partial charge in [-0.25, -0.2) is 0 Å². The van der Waals surface area contributed by atoms with Crippen molar-refractivity contribution in [2.75, 3.05) is 18.5 Å². The highest BCUT2D eigenvalue weighted by atomic mass is 16.5. The van der Waals surface area contributed by atoms with Crippen LogP contribution in [-0.4, -0.2) is 19.1 Å². The average Bonchev–Trinajstić information content (AvgIpc) is 2.67. The maximum absolute atomic E-state index is 12.8. The van der Waals surface area contributed by atoms with Crippen molar-refractivity contribution >= 4 is 22.4 Å². The monoisotopic (exact) mass is 349 g/mol. The third kappa shape index (κ3) is 4.03. The molecule has 0 fully saturated rings. The van der Waals surface area contributed by atoms with Gasteiger partial charge in [0.15, 0.2) is 0 Å². The number of hydrogen-bond donors (Lipinski definition) is 1.